The van der Waals surface area contributed by atoms with Gasteiger partial charge in [-0.1, -0.05) is 46.3 Å². The van der Waals surface area contributed by atoms with E-state index in [1.807, 2.05) is 20.8 Å². The van der Waals surface area contributed by atoms with E-state index in [9.17, 15) is 84.1 Å². The largest absolute Gasteiger partial charge is 1.00 e. The van der Waals surface area contributed by atoms with E-state index in [0.29, 0.717) is 32.1 Å². The van der Waals surface area contributed by atoms with Crippen molar-refractivity contribution >= 4 is 16.2 Å². The molecule has 28 nitrogen and oxygen atoms in total. The molecule has 9 rings (SSSR count). The smallest absolute Gasteiger partial charge is 0.726 e. The number of fused-ring (bicyclic) bond motifs is 5. The number of allylic oxidation sites excluding steroid dienone is 2. The summed E-state index contributed by atoms with van der Waals surface area (Å²) in [6, 6.07) is 0. The van der Waals surface area contributed by atoms with Gasteiger partial charge in [0.05, 0.1) is 49.3 Å². The van der Waals surface area contributed by atoms with Crippen molar-refractivity contribution in [1.82, 2.24) is 0 Å². The van der Waals surface area contributed by atoms with Crippen LogP contribution in [0.2, 0.25) is 0 Å². The molecule has 30 heteroatoms. The van der Waals surface area contributed by atoms with Gasteiger partial charge in [-0.25, -0.2) is 8.42 Å². The minimum Gasteiger partial charge on any atom is -0.726 e. The molecule has 8 fully saturated rings. The van der Waals surface area contributed by atoms with Gasteiger partial charge in [0.1, 0.15) is 103 Å². The molecule has 9 aliphatic rings. The van der Waals surface area contributed by atoms with Gasteiger partial charge in [-0.05, 0) is 113 Å². The summed E-state index contributed by atoms with van der Waals surface area (Å²) in [4.78, 5) is 13.5. The Labute approximate surface area is 528 Å². The van der Waals surface area contributed by atoms with Crippen LogP contribution < -0.4 is 29.6 Å². The van der Waals surface area contributed by atoms with Crippen LogP contribution in [0.1, 0.15) is 114 Å². The van der Waals surface area contributed by atoms with E-state index in [1.165, 1.54) is 20.8 Å². The zero-order valence-corrected chi connectivity index (χ0v) is 53.8. The van der Waals surface area contributed by atoms with Gasteiger partial charge in [0.25, 0.3) is 0 Å². The molecule has 5 aliphatic heterocycles. The number of ketones is 1. The Morgan fingerprint density at radius 3 is 1.76 bits per heavy atom. The van der Waals surface area contributed by atoms with Crippen LogP contribution in [0, 0.1) is 46.3 Å². The summed E-state index contributed by atoms with van der Waals surface area (Å²) in [7, 11) is -5.14. The fourth-order valence-electron chi connectivity index (χ4n) is 15.7. The number of carbonyl (C=O) groups is 1. The van der Waals surface area contributed by atoms with Crippen molar-refractivity contribution in [2.24, 2.45) is 46.3 Å². The predicted octanol–water partition coefficient (Wildman–Crippen LogP) is -5.77. The fraction of sp³-hybridized carbons (Fsp3) is 0.947. The fourth-order valence-corrected chi connectivity index (χ4v) is 16.2. The minimum atomic E-state index is -5.14. The number of aliphatic hydroxyl groups is 13. The maximum absolute atomic E-state index is 13.5. The molecule has 0 aromatic rings. The molecule has 0 radical (unpaired) electrons. The molecule has 13 N–H and O–H groups in total. The first-order chi connectivity index (χ1) is 40.1. The Kier molecular flexibility index (Phi) is 23.2. The van der Waals surface area contributed by atoms with Crippen molar-refractivity contribution in [2.75, 3.05) is 13.2 Å². The summed E-state index contributed by atoms with van der Waals surface area (Å²) >= 11 is 0. The van der Waals surface area contributed by atoms with E-state index >= 15 is 0 Å². The Hall–Kier alpha value is -0.640. The number of carbonyl (C=O) groups excluding carboxylic acids is 1. The number of aliphatic hydroxyl groups excluding tert-OH is 12. The predicted molar refractivity (Wildman–Crippen MR) is 288 cm³/mol. The van der Waals surface area contributed by atoms with Crippen molar-refractivity contribution in [1.29, 1.82) is 0 Å². The van der Waals surface area contributed by atoms with Crippen molar-refractivity contribution in [3.63, 3.8) is 0 Å². The average molecular weight is 1280 g/mol. The Balaban J connectivity index is 0.00000982. The third-order valence-electron chi connectivity index (χ3n) is 21.1. The summed E-state index contributed by atoms with van der Waals surface area (Å²) in [6.45, 7) is 14.4. The van der Waals surface area contributed by atoms with Crippen LogP contribution in [0.5, 0.6) is 0 Å². The van der Waals surface area contributed by atoms with Crippen LogP contribution >= 0.6 is 0 Å². The maximum atomic E-state index is 13.5. The molecule has 34 atom stereocenters. The minimum absolute atomic E-state index is 0. The quantitative estimate of drug-likeness (QED) is 0.0263. The van der Waals surface area contributed by atoms with Gasteiger partial charge < -0.3 is 118 Å². The molecule has 496 valence electrons. The van der Waals surface area contributed by atoms with Gasteiger partial charge >= 0.3 is 29.6 Å². The molecule has 5 heterocycles. The monoisotopic (exact) mass is 1280 g/mol. The third kappa shape index (κ3) is 14.3. The molecular formula is C57H93NaO28S. The zero-order chi connectivity index (χ0) is 63.2. The topological polar surface area (TPSA) is 439 Å². The number of hydrogen-bond acceptors (Lipinski definition) is 28. The molecule has 87 heavy (non-hydrogen) atoms. The first-order valence-electron chi connectivity index (χ1n) is 30.3. The second-order valence-corrected chi connectivity index (χ2v) is 28.0. The van der Waals surface area contributed by atoms with E-state index in [-0.39, 0.29) is 84.2 Å². The van der Waals surface area contributed by atoms with Gasteiger partial charge in [-0.15, -0.1) is 0 Å². The molecule has 0 aromatic heterocycles. The summed E-state index contributed by atoms with van der Waals surface area (Å²) < 4.78 is 102. The van der Waals surface area contributed by atoms with Gasteiger partial charge in [-0.3, -0.25) is 8.98 Å². The number of ether oxygens (including phenoxy) is 10. The molecule has 5 saturated heterocycles. The molecule has 3 saturated carbocycles. The summed E-state index contributed by atoms with van der Waals surface area (Å²) in [5.74, 6) is -1.17. The van der Waals surface area contributed by atoms with Crippen molar-refractivity contribution < 1.29 is 165 Å². The molecule has 0 aromatic carbocycles. The van der Waals surface area contributed by atoms with Crippen LogP contribution in [0.25, 0.3) is 0 Å². The summed E-state index contributed by atoms with van der Waals surface area (Å²) in [5, 5.41) is 145. The number of Topliss-reactive ketones (excluding diaryl/α,β-unsaturated/α-hetero) is 1. The van der Waals surface area contributed by atoms with Gasteiger partial charge in [0, 0.05) is 12.3 Å². The van der Waals surface area contributed by atoms with E-state index in [2.05, 4.69) is 19.9 Å². The van der Waals surface area contributed by atoms with Crippen LogP contribution in [0.4, 0.5) is 0 Å². The molecule has 0 amide bonds. The van der Waals surface area contributed by atoms with E-state index in [0.717, 1.165) is 5.57 Å². The van der Waals surface area contributed by atoms with Gasteiger partial charge in [0.15, 0.2) is 31.5 Å². The SMILES string of the molecule is CC(C)[C@@H](C)C(=O)C[C@@](C)(O)[C@H]1CC[C@H]2[C@@H]3C[C@H](O[C@@H]4O[C@H](C)[C@@H](O)[C@H](O[C@@H]5OC[C@@H](O[C@@H]6O[C@H](CO)[C@H](O)[C@H](O)[C@H]6O[C@@H]6O[C@H](C)[C@@H](O)[C@H](O)[C@H]6O)[C@H](O)[C@H]5O[C@H]5O[C@@H](C)[C@H](O)[C@@H](O)[C@@H]5O)[C@H]4O)[C@H]4C[C@@H](OS(=O)(=O)[O-])CC[C@]4(C)C3=CC[C@@]21C.[Na+]. The van der Waals surface area contributed by atoms with Gasteiger partial charge in [-0.2, -0.15) is 0 Å². The summed E-state index contributed by atoms with van der Waals surface area (Å²) in [6.07, 6.45) is -37.9. The first kappa shape index (κ1) is 72.2. The molecule has 0 unspecified atom stereocenters. The number of hydrogen-bond donors (Lipinski definition) is 13. The average Bonchev–Trinajstić information content (AvgIpc) is 1.70. The third-order valence-corrected chi connectivity index (χ3v) is 21.6. The van der Waals surface area contributed by atoms with E-state index in [1.54, 1.807) is 6.92 Å². The Morgan fingerprint density at radius 2 is 1.20 bits per heavy atom. The second kappa shape index (κ2) is 28.0. The Morgan fingerprint density at radius 1 is 0.655 bits per heavy atom. The van der Waals surface area contributed by atoms with Gasteiger partial charge in [0.2, 0.25) is 10.4 Å². The standard InChI is InChI=1S/C57H94O28S.Na/c1-21(2)22(3)31(59)18-57(9,71)35-11-10-28-27-17-32(30-16-26(85-86(72,73)74)12-14-55(30,7)29(27)13-15-56(28,35)8)79-52-46(70)47(38(62)25(6)78-52)82-53-48(83-50-44(68)41(65)36(60)23(4)76-50)40(64)34(20-75-53)81-54-49(43(67)39(63)33(19-58)80-54)84-51-45(69)42(66)37(61)24(5)77-51;/h13,21-28,30,32-54,58,60-71H,10-12,14-20H2,1-9H3,(H,72,73,74);/q;+1/p-1/t22-,23+,24-,25-,26+,27+,28+,30-,32+,33-,34-,35+,36+,37-,38-,39+,40+,41-,42+,43+,44+,45-,46-,47+,48-,49-,50-,51+,52+,53+,54+,55-,56+,57-;/m1./s1. The first-order valence-corrected chi connectivity index (χ1v) is 31.7. The second-order valence-electron chi connectivity index (χ2n) is 27.0. The number of rotatable bonds is 18. The maximum Gasteiger partial charge on any atom is 1.00 e. The van der Waals surface area contributed by atoms with Crippen molar-refractivity contribution in [3.8, 4) is 0 Å². The molecular weight excluding hydrogens is 1190 g/mol. The van der Waals surface area contributed by atoms with Crippen molar-refractivity contribution in [3.05, 3.63) is 11.6 Å². The summed E-state index contributed by atoms with van der Waals surface area (Å²) in [5.41, 5.74) is -1.35. The van der Waals surface area contributed by atoms with Crippen LogP contribution in [-0.2, 0) is 66.7 Å². The normalized spacial score (nSPS) is 50.6. The van der Waals surface area contributed by atoms with E-state index < -0.39 is 206 Å². The zero-order valence-electron chi connectivity index (χ0n) is 51.0. The molecule has 0 spiro atoms. The van der Waals surface area contributed by atoms with Crippen molar-refractivity contribution in [2.45, 2.75) is 279 Å². The van der Waals surface area contributed by atoms with Crippen LogP contribution in [0.3, 0.4) is 0 Å². The Bertz CT molecular complexity index is 2460. The van der Waals surface area contributed by atoms with E-state index in [4.69, 9.17) is 51.6 Å². The molecule has 4 aliphatic carbocycles. The molecule has 0 bridgehead atoms. The van der Waals surface area contributed by atoms with Crippen LogP contribution in [-0.4, -0.2) is 264 Å². The van der Waals surface area contributed by atoms with Crippen LogP contribution in [0.15, 0.2) is 11.6 Å².